The van der Waals surface area contributed by atoms with Crippen LogP contribution in [0.25, 0.3) is 11.4 Å². The lowest BCUT2D eigenvalue weighted by atomic mass is 10.1. The summed E-state index contributed by atoms with van der Waals surface area (Å²) in [7, 11) is 1.27. The highest BCUT2D eigenvalue weighted by Crippen LogP contribution is 2.31. The molecule has 6 heteroatoms. The largest absolute Gasteiger partial charge is 0.513 e. The van der Waals surface area contributed by atoms with Gasteiger partial charge in [-0.2, -0.15) is 0 Å². The smallest absolute Gasteiger partial charge is 0.437 e. The van der Waals surface area contributed by atoms with Gasteiger partial charge in [0.05, 0.1) is 18.5 Å². The van der Waals surface area contributed by atoms with E-state index in [1.165, 1.54) is 7.11 Å². The van der Waals surface area contributed by atoms with Gasteiger partial charge in [0.2, 0.25) is 0 Å². The molecule has 0 aliphatic carbocycles. The van der Waals surface area contributed by atoms with Crippen molar-refractivity contribution in [3.05, 3.63) is 40.7 Å². The number of methoxy groups -OCH3 is 1. The third kappa shape index (κ3) is 3.99. The van der Waals surface area contributed by atoms with Crippen LogP contribution in [0.5, 0.6) is 5.75 Å². The van der Waals surface area contributed by atoms with E-state index in [-0.39, 0.29) is 5.92 Å². The van der Waals surface area contributed by atoms with Gasteiger partial charge in [0.25, 0.3) is 0 Å². The first-order valence-corrected chi connectivity index (χ1v) is 7.76. The second-order valence-corrected chi connectivity index (χ2v) is 5.72. The molecule has 1 heterocycles. The normalized spacial score (nSPS) is 10.7. The quantitative estimate of drug-likeness (QED) is 0.763. The number of hydrogen-bond donors (Lipinski definition) is 0. The number of nitrogens with zero attached hydrogens (tertiary/aromatic N) is 2. The van der Waals surface area contributed by atoms with Gasteiger partial charge in [0.1, 0.15) is 0 Å². The van der Waals surface area contributed by atoms with Crippen LogP contribution in [0.2, 0.25) is 5.02 Å². The molecule has 0 amide bonds. The van der Waals surface area contributed by atoms with Crippen molar-refractivity contribution in [1.82, 2.24) is 9.97 Å². The number of halogens is 1. The summed E-state index contributed by atoms with van der Waals surface area (Å²) in [5.41, 5.74) is 2.20. The van der Waals surface area contributed by atoms with Crippen molar-refractivity contribution < 1.29 is 14.3 Å². The highest BCUT2D eigenvalue weighted by molar-refractivity contribution is 6.30. The lowest BCUT2D eigenvalue weighted by Crippen LogP contribution is -2.14. The van der Waals surface area contributed by atoms with E-state index in [1.54, 1.807) is 12.1 Å². The van der Waals surface area contributed by atoms with Gasteiger partial charge in [-0.25, -0.2) is 14.8 Å². The lowest BCUT2D eigenvalue weighted by Gasteiger charge is -2.16. The molecule has 0 saturated carbocycles. The second kappa shape index (κ2) is 7.42. The summed E-state index contributed by atoms with van der Waals surface area (Å²) in [5, 5.41) is 0.652. The van der Waals surface area contributed by atoms with Crippen molar-refractivity contribution in [2.45, 2.75) is 33.1 Å². The molecule has 0 bridgehead atoms. The summed E-state index contributed by atoms with van der Waals surface area (Å²) in [4.78, 5) is 20.6. The average molecular weight is 335 g/mol. The first-order valence-electron chi connectivity index (χ1n) is 7.38. The Kier molecular flexibility index (Phi) is 5.55. The summed E-state index contributed by atoms with van der Waals surface area (Å²) in [6.45, 7) is 5.91. The Hall–Kier alpha value is -2.14. The maximum absolute atomic E-state index is 11.5. The minimum absolute atomic E-state index is 0.0639. The van der Waals surface area contributed by atoms with E-state index in [2.05, 4.69) is 14.7 Å². The number of carbonyl (C=O) groups is 1. The van der Waals surface area contributed by atoms with E-state index < -0.39 is 6.16 Å². The predicted octanol–water partition coefficient (Wildman–Crippen LogP) is 4.63. The Balaban J connectivity index is 2.57. The molecule has 0 radical (unpaired) electrons. The van der Waals surface area contributed by atoms with E-state index in [0.717, 1.165) is 5.56 Å². The number of carbonyl (C=O) groups excluding carboxylic acids is 1. The van der Waals surface area contributed by atoms with E-state index in [0.29, 0.717) is 34.4 Å². The monoisotopic (exact) mass is 334 g/mol. The van der Waals surface area contributed by atoms with Gasteiger partial charge in [-0.05, 0) is 36.6 Å². The van der Waals surface area contributed by atoms with Crippen molar-refractivity contribution in [2.24, 2.45) is 0 Å². The van der Waals surface area contributed by atoms with Gasteiger partial charge in [0, 0.05) is 10.6 Å². The topological polar surface area (TPSA) is 61.3 Å². The molecule has 23 heavy (non-hydrogen) atoms. The zero-order valence-electron chi connectivity index (χ0n) is 13.6. The molecule has 0 N–H and O–H groups in total. The van der Waals surface area contributed by atoms with Crippen molar-refractivity contribution in [3.8, 4) is 17.1 Å². The van der Waals surface area contributed by atoms with Gasteiger partial charge in [0.15, 0.2) is 11.6 Å². The Labute approximate surface area is 140 Å². The van der Waals surface area contributed by atoms with Crippen molar-refractivity contribution >= 4 is 17.8 Å². The van der Waals surface area contributed by atoms with Gasteiger partial charge in [-0.15, -0.1) is 0 Å². The molecule has 0 spiro atoms. The molecular weight excluding hydrogens is 316 g/mol. The SMILES string of the molecule is CCc1nc(-c2ccc(Cl)cc2)nc(C(C)C)c1OC(=O)OC. The number of ether oxygens (including phenoxy) is 2. The maximum Gasteiger partial charge on any atom is 0.513 e. The third-order valence-corrected chi connectivity index (χ3v) is 3.55. The van der Waals surface area contributed by atoms with Crippen LogP contribution in [0.1, 0.15) is 38.1 Å². The molecule has 122 valence electrons. The number of hydrogen-bond acceptors (Lipinski definition) is 5. The summed E-state index contributed by atoms with van der Waals surface area (Å²) in [6.07, 6.45) is -0.167. The molecule has 1 aromatic carbocycles. The molecule has 0 fully saturated rings. The van der Waals surface area contributed by atoms with Crippen LogP contribution in [0, 0.1) is 0 Å². The van der Waals surface area contributed by atoms with Crippen LogP contribution < -0.4 is 4.74 Å². The van der Waals surface area contributed by atoms with Crippen LogP contribution in [0.4, 0.5) is 4.79 Å². The zero-order chi connectivity index (χ0) is 17.0. The van der Waals surface area contributed by atoms with Crippen LogP contribution in [0.15, 0.2) is 24.3 Å². The summed E-state index contributed by atoms with van der Waals surface area (Å²) in [6, 6.07) is 7.31. The Morgan fingerprint density at radius 1 is 1.22 bits per heavy atom. The minimum Gasteiger partial charge on any atom is -0.437 e. The number of benzene rings is 1. The molecule has 5 nitrogen and oxygen atoms in total. The molecule has 0 aliphatic rings. The Bertz CT molecular complexity index is 700. The molecule has 0 saturated heterocycles. The Morgan fingerprint density at radius 2 is 1.87 bits per heavy atom. The van der Waals surface area contributed by atoms with Crippen molar-refractivity contribution in [1.29, 1.82) is 0 Å². The zero-order valence-corrected chi connectivity index (χ0v) is 14.3. The summed E-state index contributed by atoms with van der Waals surface area (Å²) in [5.74, 6) is 1.03. The van der Waals surface area contributed by atoms with E-state index in [9.17, 15) is 4.79 Å². The van der Waals surface area contributed by atoms with E-state index >= 15 is 0 Å². The maximum atomic E-state index is 11.5. The highest BCUT2D eigenvalue weighted by atomic mass is 35.5. The molecule has 0 aliphatic heterocycles. The fourth-order valence-electron chi connectivity index (χ4n) is 2.11. The minimum atomic E-state index is -0.774. The summed E-state index contributed by atoms with van der Waals surface area (Å²) >= 11 is 5.93. The summed E-state index contributed by atoms with van der Waals surface area (Å²) < 4.78 is 9.87. The molecule has 2 aromatic rings. The average Bonchev–Trinajstić information content (AvgIpc) is 2.55. The van der Waals surface area contributed by atoms with Crippen molar-refractivity contribution in [2.75, 3.05) is 7.11 Å². The molecule has 0 atom stereocenters. The fourth-order valence-corrected chi connectivity index (χ4v) is 2.24. The van der Waals surface area contributed by atoms with Crippen molar-refractivity contribution in [3.63, 3.8) is 0 Å². The molecule has 1 aromatic heterocycles. The fraction of sp³-hybridized carbons (Fsp3) is 0.353. The lowest BCUT2D eigenvalue weighted by molar-refractivity contribution is 0.120. The predicted molar refractivity (Wildman–Crippen MR) is 89.0 cm³/mol. The first-order chi connectivity index (χ1) is 11.0. The van der Waals surface area contributed by atoms with Gasteiger partial charge < -0.3 is 9.47 Å². The first kappa shape index (κ1) is 17.2. The van der Waals surface area contributed by atoms with Gasteiger partial charge in [-0.3, -0.25) is 0 Å². The van der Waals surface area contributed by atoms with Gasteiger partial charge >= 0.3 is 6.16 Å². The highest BCUT2D eigenvalue weighted by Gasteiger charge is 2.21. The van der Waals surface area contributed by atoms with E-state index in [4.69, 9.17) is 16.3 Å². The Morgan fingerprint density at radius 3 is 2.39 bits per heavy atom. The molecule has 0 unspecified atom stereocenters. The van der Waals surface area contributed by atoms with Crippen LogP contribution >= 0.6 is 11.6 Å². The van der Waals surface area contributed by atoms with Crippen LogP contribution in [-0.4, -0.2) is 23.2 Å². The van der Waals surface area contributed by atoms with Crippen LogP contribution in [0.3, 0.4) is 0 Å². The molecular formula is C17H19ClN2O3. The number of aromatic nitrogens is 2. The molecule has 2 rings (SSSR count). The second-order valence-electron chi connectivity index (χ2n) is 5.28. The third-order valence-electron chi connectivity index (χ3n) is 3.30. The van der Waals surface area contributed by atoms with Crippen LogP contribution in [-0.2, 0) is 11.2 Å². The number of rotatable bonds is 4. The number of aryl methyl sites for hydroxylation is 1. The standard InChI is InChI=1S/C17H19ClN2O3/c1-5-13-15(23-17(21)22-4)14(10(2)3)20-16(19-13)11-6-8-12(18)9-7-11/h6-10H,5H2,1-4H3. The van der Waals surface area contributed by atoms with E-state index in [1.807, 2.05) is 32.9 Å². The van der Waals surface area contributed by atoms with Gasteiger partial charge in [-0.1, -0.05) is 32.4 Å².